The van der Waals surface area contributed by atoms with Crippen LogP contribution in [0.3, 0.4) is 0 Å². The molecule has 0 radical (unpaired) electrons. The number of nitrogens with zero attached hydrogens (tertiary/aromatic N) is 1. The Hall–Kier alpha value is -1.43. The maximum Gasteiger partial charge on any atom is 0.229 e. The Bertz CT molecular complexity index is 453. The number of pyridine rings is 1. The molecule has 1 heterocycles. The Morgan fingerprint density at radius 1 is 1.50 bits per heavy atom. The van der Waals surface area contributed by atoms with Crippen LogP contribution in [0.4, 0.5) is 5.69 Å². The van der Waals surface area contributed by atoms with Crippen molar-refractivity contribution in [1.29, 1.82) is 0 Å². The number of Topliss-reactive ketones (excluding diaryl/α,β-unsaturated/α-hetero) is 1. The summed E-state index contributed by atoms with van der Waals surface area (Å²) in [6, 6.07) is 1.44. The molecule has 0 aliphatic rings. The van der Waals surface area contributed by atoms with Crippen molar-refractivity contribution >= 4 is 21.5 Å². The van der Waals surface area contributed by atoms with Crippen LogP contribution in [-0.2, 0) is 10.0 Å². The quantitative estimate of drug-likeness (QED) is 0.750. The van der Waals surface area contributed by atoms with Crippen molar-refractivity contribution in [3.8, 4) is 0 Å². The Morgan fingerprint density at radius 2 is 2.14 bits per heavy atom. The second-order valence-electron chi connectivity index (χ2n) is 2.85. The summed E-state index contributed by atoms with van der Waals surface area (Å²) < 4.78 is 24.1. The monoisotopic (exact) mass is 214 g/mol. The first-order valence-corrected chi connectivity index (χ1v) is 5.72. The Morgan fingerprint density at radius 3 is 2.64 bits per heavy atom. The summed E-state index contributed by atoms with van der Waals surface area (Å²) in [5.41, 5.74) is 0.521. The molecule has 0 spiro atoms. The summed E-state index contributed by atoms with van der Waals surface area (Å²) in [6.07, 6.45) is 3.77. The van der Waals surface area contributed by atoms with Crippen LogP contribution in [0.1, 0.15) is 17.3 Å². The molecule has 6 heteroatoms. The summed E-state index contributed by atoms with van der Waals surface area (Å²) in [5.74, 6) is -0.232. The second kappa shape index (κ2) is 3.75. The first-order chi connectivity index (χ1) is 6.40. The predicted octanol–water partition coefficient (Wildman–Crippen LogP) is 0.656. The summed E-state index contributed by atoms with van der Waals surface area (Å²) >= 11 is 0. The lowest BCUT2D eigenvalue weighted by atomic mass is 10.2. The van der Waals surface area contributed by atoms with Gasteiger partial charge >= 0.3 is 0 Å². The van der Waals surface area contributed by atoms with Gasteiger partial charge in [0.05, 0.1) is 17.5 Å². The van der Waals surface area contributed by atoms with E-state index < -0.39 is 10.0 Å². The van der Waals surface area contributed by atoms with Crippen molar-refractivity contribution in [2.45, 2.75) is 6.92 Å². The van der Waals surface area contributed by atoms with Crippen molar-refractivity contribution in [3.63, 3.8) is 0 Å². The van der Waals surface area contributed by atoms with Crippen LogP contribution < -0.4 is 4.72 Å². The predicted molar refractivity (Wildman–Crippen MR) is 52.7 cm³/mol. The topological polar surface area (TPSA) is 76.1 Å². The minimum atomic E-state index is -3.36. The number of sulfonamides is 1. The standard InChI is InChI=1S/C8H10N2O3S/c1-6(11)7-5-9-4-3-8(7)10-14(2,12)13/h3-5H,1-2H3,(H,9,10). The van der Waals surface area contributed by atoms with Crippen LogP contribution in [0, 0.1) is 0 Å². The highest BCUT2D eigenvalue weighted by atomic mass is 32.2. The van der Waals surface area contributed by atoms with Gasteiger partial charge in [-0.3, -0.25) is 14.5 Å². The fraction of sp³-hybridized carbons (Fsp3) is 0.250. The van der Waals surface area contributed by atoms with Gasteiger partial charge in [0.15, 0.2) is 5.78 Å². The van der Waals surface area contributed by atoms with E-state index >= 15 is 0 Å². The molecule has 0 aromatic carbocycles. The number of anilines is 1. The van der Waals surface area contributed by atoms with E-state index in [0.717, 1.165) is 6.26 Å². The minimum Gasteiger partial charge on any atom is -0.294 e. The molecule has 0 aliphatic carbocycles. The Labute approximate surface area is 82.2 Å². The lowest BCUT2D eigenvalue weighted by Gasteiger charge is -2.06. The zero-order valence-corrected chi connectivity index (χ0v) is 8.63. The van der Waals surface area contributed by atoms with Gasteiger partial charge in [-0.05, 0) is 13.0 Å². The van der Waals surface area contributed by atoms with Gasteiger partial charge < -0.3 is 0 Å². The first kappa shape index (κ1) is 10.6. The average molecular weight is 214 g/mol. The molecule has 0 saturated carbocycles. The van der Waals surface area contributed by atoms with E-state index in [1.54, 1.807) is 0 Å². The third kappa shape index (κ3) is 2.81. The van der Waals surface area contributed by atoms with E-state index in [2.05, 4.69) is 9.71 Å². The second-order valence-corrected chi connectivity index (χ2v) is 4.60. The van der Waals surface area contributed by atoms with Gasteiger partial charge in [0.2, 0.25) is 10.0 Å². The third-order valence-corrected chi connectivity index (χ3v) is 2.09. The molecule has 0 bridgehead atoms. The van der Waals surface area contributed by atoms with Gasteiger partial charge in [-0.15, -0.1) is 0 Å². The maximum absolute atomic E-state index is 11.1. The van der Waals surface area contributed by atoms with Gasteiger partial charge in [0.25, 0.3) is 0 Å². The maximum atomic E-state index is 11.1. The molecule has 5 nitrogen and oxygen atoms in total. The van der Waals surface area contributed by atoms with E-state index in [1.807, 2.05) is 0 Å². The molecular weight excluding hydrogens is 204 g/mol. The Balaban J connectivity index is 3.15. The molecule has 1 N–H and O–H groups in total. The molecule has 0 amide bonds. The van der Waals surface area contributed by atoms with E-state index in [1.165, 1.54) is 25.4 Å². The van der Waals surface area contributed by atoms with E-state index in [-0.39, 0.29) is 17.0 Å². The summed E-state index contributed by atoms with van der Waals surface area (Å²) in [5, 5.41) is 0. The number of carbonyl (C=O) groups excluding carboxylic acids is 1. The highest BCUT2D eigenvalue weighted by Crippen LogP contribution is 2.14. The van der Waals surface area contributed by atoms with Crippen molar-refractivity contribution in [1.82, 2.24) is 4.98 Å². The van der Waals surface area contributed by atoms with E-state index in [0.29, 0.717) is 0 Å². The molecule has 76 valence electrons. The average Bonchev–Trinajstić information content (AvgIpc) is 2.01. The zero-order valence-electron chi connectivity index (χ0n) is 7.81. The molecule has 1 aromatic rings. The van der Waals surface area contributed by atoms with Crippen LogP contribution in [0.5, 0.6) is 0 Å². The number of carbonyl (C=O) groups is 1. The van der Waals surface area contributed by atoms with Gasteiger partial charge in [-0.25, -0.2) is 8.42 Å². The number of ketones is 1. The summed E-state index contributed by atoms with van der Waals surface area (Å²) in [6.45, 7) is 1.35. The van der Waals surface area contributed by atoms with Crippen molar-refractivity contribution < 1.29 is 13.2 Å². The summed E-state index contributed by atoms with van der Waals surface area (Å²) in [7, 11) is -3.36. The molecule has 1 aromatic heterocycles. The number of hydrogen-bond acceptors (Lipinski definition) is 4. The van der Waals surface area contributed by atoms with Crippen molar-refractivity contribution in [2.24, 2.45) is 0 Å². The zero-order chi connectivity index (χ0) is 10.8. The number of nitrogens with one attached hydrogen (secondary N) is 1. The van der Waals surface area contributed by atoms with Gasteiger partial charge in [0, 0.05) is 12.4 Å². The molecule has 14 heavy (non-hydrogen) atoms. The number of hydrogen-bond donors (Lipinski definition) is 1. The first-order valence-electron chi connectivity index (χ1n) is 3.83. The van der Waals surface area contributed by atoms with Crippen LogP contribution in [0.15, 0.2) is 18.5 Å². The molecular formula is C8H10N2O3S. The highest BCUT2D eigenvalue weighted by molar-refractivity contribution is 7.92. The van der Waals surface area contributed by atoms with E-state index in [4.69, 9.17) is 0 Å². The van der Waals surface area contributed by atoms with Crippen LogP contribution in [-0.4, -0.2) is 25.4 Å². The Kier molecular flexibility index (Phi) is 2.85. The van der Waals surface area contributed by atoms with Crippen LogP contribution in [0.2, 0.25) is 0 Å². The molecule has 1 rings (SSSR count). The van der Waals surface area contributed by atoms with Crippen LogP contribution >= 0.6 is 0 Å². The lowest BCUT2D eigenvalue weighted by molar-refractivity contribution is 0.101. The number of rotatable bonds is 3. The van der Waals surface area contributed by atoms with Gasteiger partial charge in [0.1, 0.15) is 0 Å². The van der Waals surface area contributed by atoms with E-state index in [9.17, 15) is 13.2 Å². The van der Waals surface area contributed by atoms with Gasteiger partial charge in [-0.1, -0.05) is 0 Å². The largest absolute Gasteiger partial charge is 0.294 e. The lowest BCUT2D eigenvalue weighted by Crippen LogP contribution is -2.12. The SMILES string of the molecule is CC(=O)c1cnccc1NS(C)(=O)=O. The minimum absolute atomic E-state index is 0.232. The van der Waals surface area contributed by atoms with Crippen molar-refractivity contribution in [3.05, 3.63) is 24.0 Å². The van der Waals surface area contributed by atoms with Gasteiger partial charge in [-0.2, -0.15) is 0 Å². The highest BCUT2D eigenvalue weighted by Gasteiger charge is 2.10. The fourth-order valence-corrected chi connectivity index (χ4v) is 1.54. The smallest absolute Gasteiger partial charge is 0.229 e. The normalized spacial score (nSPS) is 11.0. The molecule has 0 saturated heterocycles. The molecule has 0 unspecified atom stereocenters. The fourth-order valence-electron chi connectivity index (χ4n) is 0.964. The number of aromatic nitrogens is 1. The molecule has 0 aliphatic heterocycles. The third-order valence-electron chi connectivity index (χ3n) is 1.50. The molecule has 0 atom stereocenters. The molecule has 0 fully saturated rings. The van der Waals surface area contributed by atoms with Crippen LogP contribution in [0.25, 0.3) is 0 Å². The summed E-state index contributed by atoms with van der Waals surface area (Å²) in [4.78, 5) is 14.8. The van der Waals surface area contributed by atoms with Crippen molar-refractivity contribution in [2.75, 3.05) is 11.0 Å².